The SMILES string of the molecule is CCCNC(CC1CCCCCC1)c1occc1Br. The van der Waals surface area contributed by atoms with Crippen molar-refractivity contribution in [1.29, 1.82) is 0 Å². The van der Waals surface area contributed by atoms with Gasteiger partial charge in [-0.2, -0.15) is 0 Å². The molecule has 1 unspecified atom stereocenters. The van der Waals surface area contributed by atoms with Gasteiger partial charge in [0, 0.05) is 0 Å². The molecule has 3 heteroatoms. The third-order valence-corrected chi connectivity index (χ3v) is 4.80. The third kappa shape index (κ3) is 4.64. The highest BCUT2D eigenvalue weighted by atomic mass is 79.9. The molecule has 1 fully saturated rings. The molecule has 0 aromatic carbocycles. The van der Waals surface area contributed by atoms with E-state index in [-0.39, 0.29) is 0 Å². The predicted molar refractivity (Wildman–Crippen MR) is 83.3 cm³/mol. The number of furan rings is 1. The Labute approximate surface area is 125 Å². The van der Waals surface area contributed by atoms with Crippen LogP contribution in [0.1, 0.15) is 70.1 Å². The number of nitrogens with one attached hydrogen (secondary N) is 1. The van der Waals surface area contributed by atoms with Gasteiger partial charge < -0.3 is 9.73 Å². The van der Waals surface area contributed by atoms with Gasteiger partial charge in [0.2, 0.25) is 0 Å². The standard InChI is InChI=1S/C16H26BrNO/c1-2-10-18-15(16-14(17)9-11-19-16)12-13-7-5-3-4-6-8-13/h9,11,13,15,18H,2-8,10,12H2,1H3. The summed E-state index contributed by atoms with van der Waals surface area (Å²) < 4.78 is 6.79. The molecule has 2 rings (SSSR count). The summed E-state index contributed by atoms with van der Waals surface area (Å²) in [6.45, 7) is 3.28. The molecule has 1 saturated carbocycles. The first-order chi connectivity index (χ1) is 9.31. The Kier molecular flexibility index (Phi) is 6.45. The zero-order valence-corrected chi connectivity index (χ0v) is 13.5. The molecule has 1 aromatic heterocycles. The molecule has 0 radical (unpaired) electrons. The highest BCUT2D eigenvalue weighted by Gasteiger charge is 2.22. The van der Waals surface area contributed by atoms with Gasteiger partial charge in [0.05, 0.1) is 16.8 Å². The van der Waals surface area contributed by atoms with Crippen molar-refractivity contribution in [3.63, 3.8) is 0 Å². The molecule has 1 aromatic rings. The van der Waals surface area contributed by atoms with E-state index in [4.69, 9.17) is 4.42 Å². The lowest BCUT2D eigenvalue weighted by molar-refractivity contribution is 0.318. The van der Waals surface area contributed by atoms with E-state index in [1.807, 2.05) is 6.07 Å². The summed E-state index contributed by atoms with van der Waals surface area (Å²) in [5, 5.41) is 3.66. The normalized spacial score (nSPS) is 19.3. The van der Waals surface area contributed by atoms with Crippen molar-refractivity contribution in [1.82, 2.24) is 5.32 Å². The van der Waals surface area contributed by atoms with Gasteiger partial charge in [0.15, 0.2) is 0 Å². The van der Waals surface area contributed by atoms with Crippen LogP contribution in [-0.2, 0) is 0 Å². The third-order valence-electron chi connectivity index (χ3n) is 4.15. The van der Waals surface area contributed by atoms with Gasteiger partial charge in [0.1, 0.15) is 5.76 Å². The molecule has 1 aliphatic carbocycles. The molecule has 19 heavy (non-hydrogen) atoms. The largest absolute Gasteiger partial charge is 0.466 e. The molecule has 0 aliphatic heterocycles. The van der Waals surface area contributed by atoms with E-state index < -0.39 is 0 Å². The Hall–Kier alpha value is -0.280. The van der Waals surface area contributed by atoms with Crippen molar-refractivity contribution in [2.24, 2.45) is 5.92 Å². The van der Waals surface area contributed by atoms with Gasteiger partial charge in [-0.1, -0.05) is 45.4 Å². The minimum atomic E-state index is 0.368. The van der Waals surface area contributed by atoms with Crippen molar-refractivity contribution in [3.05, 3.63) is 22.6 Å². The molecule has 1 N–H and O–H groups in total. The predicted octanol–water partition coefficient (Wildman–Crippen LogP) is 5.44. The molecule has 0 bridgehead atoms. The van der Waals surface area contributed by atoms with E-state index >= 15 is 0 Å². The van der Waals surface area contributed by atoms with Crippen molar-refractivity contribution in [2.75, 3.05) is 6.54 Å². The van der Waals surface area contributed by atoms with E-state index in [0.29, 0.717) is 6.04 Å². The first-order valence-corrected chi connectivity index (χ1v) is 8.56. The molecule has 2 nitrogen and oxygen atoms in total. The van der Waals surface area contributed by atoms with Crippen LogP contribution in [0.2, 0.25) is 0 Å². The van der Waals surface area contributed by atoms with E-state index in [1.165, 1.54) is 51.4 Å². The fourth-order valence-corrected chi connectivity index (χ4v) is 3.57. The van der Waals surface area contributed by atoms with Gasteiger partial charge in [-0.15, -0.1) is 0 Å². The summed E-state index contributed by atoms with van der Waals surface area (Å²) in [6.07, 6.45) is 12.6. The Morgan fingerprint density at radius 2 is 2.05 bits per heavy atom. The van der Waals surface area contributed by atoms with Crippen LogP contribution in [-0.4, -0.2) is 6.54 Å². The maximum Gasteiger partial charge on any atom is 0.134 e. The monoisotopic (exact) mass is 327 g/mol. The van der Waals surface area contributed by atoms with Crippen molar-refractivity contribution in [3.8, 4) is 0 Å². The minimum absolute atomic E-state index is 0.368. The van der Waals surface area contributed by atoms with Gasteiger partial charge in [-0.05, 0) is 47.3 Å². The van der Waals surface area contributed by atoms with Crippen LogP contribution in [0.25, 0.3) is 0 Å². The van der Waals surface area contributed by atoms with E-state index in [0.717, 1.165) is 22.7 Å². The van der Waals surface area contributed by atoms with Crippen LogP contribution in [0.4, 0.5) is 0 Å². The van der Waals surface area contributed by atoms with Gasteiger partial charge in [-0.3, -0.25) is 0 Å². The van der Waals surface area contributed by atoms with Crippen molar-refractivity contribution in [2.45, 2.75) is 64.3 Å². The lowest BCUT2D eigenvalue weighted by Gasteiger charge is -2.22. The number of hydrogen-bond acceptors (Lipinski definition) is 2. The highest BCUT2D eigenvalue weighted by molar-refractivity contribution is 9.10. The average Bonchev–Trinajstić information content (AvgIpc) is 2.68. The van der Waals surface area contributed by atoms with Gasteiger partial charge in [-0.25, -0.2) is 0 Å². The summed E-state index contributed by atoms with van der Waals surface area (Å²) in [5.41, 5.74) is 0. The molecule has 0 spiro atoms. The molecular formula is C16H26BrNO. The van der Waals surface area contributed by atoms with Crippen LogP contribution in [0, 0.1) is 5.92 Å². The quantitative estimate of drug-likeness (QED) is 0.703. The summed E-state index contributed by atoms with van der Waals surface area (Å²) in [6, 6.07) is 2.37. The molecule has 0 saturated heterocycles. The van der Waals surface area contributed by atoms with Crippen LogP contribution in [0.15, 0.2) is 21.2 Å². The summed E-state index contributed by atoms with van der Waals surface area (Å²) in [4.78, 5) is 0. The molecule has 1 atom stereocenters. The summed E-state index contributed by atoms with van der Waals surface area (Å²) in [5.74, 6) is 1.94. The molecule has 1 aliphatic rings. The lowest BCUT2D eigenvalue weighted by atomic mass is 9.91. The Morgan fingerprint density at radius 3 is 2.63 bits per heavy atom. The number of rotatable bonds is 6. The van der Waals surface area contributed by atoms with E-state index in [9.17, 15) is 0 Å². The van der Waals surface area contributed by atoms with Crippen LogP contribution in [0.3, 0.4) is 0 Å². The summed E-state index contributed by atoms with van der Waals surface area (Å²) in [7, 11) is 0. The average molecular weight is 328 g/mol. The second kappa shape index (κ2) is 8.11. The second-order valence-electron chi connectivity index (χ2n) is 5.73. The topological polar surface area (TPSA) is 25.2 Å². The maximum absolute atomic E-state index is 5.69. The second-order valence-corrected chi connectivity index (χ2v) is 6.59. The summed E-state index contributed by atoms with van der Waals surface area (Å²) >= 11 is 3.61. The maximum atomic E-state index is 5.69. The smallest absolute Gasteiger partial charge is 0.134 e. The zero-order chi connectivity index (χ0) is 13.5. The fourth-order valence-electron chi connectivity index (χ4n) is 3.09. The van der Waals surface area contributed by atoms with Gasteiger partial charge >= 0.3 is 0 Å². The molecule has 1 heterocycles. The van der Waals surface area contributed by atoms with Crippen molar-refractivity contribution >= 4 is 15.9 Å². The van der Waals surface area contributed by atoms with E-state index in [1.54, 1.807) is 6.26 Å². The highest BCUT2D eigenvalue weighted by Crippen LogP contribution is 2.34. The zero-order valence-electron chi connectivity index (χ0n) is 12.0. The fraction of sp³-hybridized carbons (Fsp3) is 0.750. The Bertz CT molecular complexity index is 355. The minimum Gasteiger partial charge on any atom is -0.466 e. The van der Waals surface area contributed by atoms with Crippen LogP contribution in [0.5, 0.6) is 0 Å². The van der Waals surface area contributed by atoms with Crippen LogP contribution >= 0.6 is 15.9 Å². The molecule has 0 amide bonds. The molecular weight excluding hydrogens is 302 g/mol. The van der Waals surface area contributed by atoms with Crippen LogP contribution < -0.4 is 5.32 Å². The van der Waals surface area contributed by atoms with Crippen molar-refractivity contribution < 1.29 is 4.42 Å². The van der Waals surface area contributed by atoms with Gasteiger partial charge in [0.25, 0.3) is 0 Å². The Balaban J connectivity index is 1.98. The molecule has 108 valence electrons. The first kappa shape index (κ1) is 15.1. The Morgan fingerprint density at radius 1 is 1.32 bits per heavy atom. The first-order valence-electron chi connectivity index (χ1n) is 7.77. The number of hydrogen-bond donors (Lipinski definition) is 1. The lowest BCUT2D eigenvalue weighted by Crippen LogP contribution is -2.24. The van der Waals surface area contributed by atoms with E-state index in [2.05, 4.69) is 28.2 Å². The number of halogens is 1.